The van der Waals surface area contributed by atoms with Gasteiger partial charge >= 0.3 is 5.97 Å². The highest BCUT2D eigenvalue weighted by molar-refractivity contribution is 5.95. The van der Waals surface area contributed by atoms with Gasteiger partial charge in [-0.15, -0.1) is 0 Å². The molecule has 1 atom stereocenters. The van der Waals surface area contributed by atoms with Crippen molar-refractivity contribution in [2.75, 3.05) is 25.6 Å². The van der Waals surface area contributed by atoms with Crippen LogP contribution in [0, 0.1) is 6.92 Å². The fourth-order valence-electron chi connectivity index (χ4n) is 1.58. The number of carboxylic acids is 1. The highest BCUT2D eigenvalue weighted by Crippen LogP contribution is 2.16. The average Bonchev–Trinajstić information content (AvgIpc) is 2.38. The maximum absolute atomic E-state index is 11.8. The number of anilines is 1. The van der Waals surface area contributed by atoms with Crippen molar-refractivity contribution in [1.82, 2.24) is 10.3 Å². The van der Waals surface area contributed by atoms with Gasteiger partial charge in [-0.2, -0.15) is 0 Å². The van der Waals surface area contributed by atoms with Gasteiger partial charge in [0.2, 0.25) is 5.91 Å². The minimum atomic E-state index is -1.09. The third kappa shape index (κ3) is 4.51. The fourth-order valence-corrected chi connectivity index (χ4v) is 1.58. The molecule has 1 rings (SSSR count). The van der Waals surface area contributed by atoms with Crippen LogP contribution in [-0.2, 0) is 9.53 Å². The van der Waals surface area contributed by atoms with Gasteiger partial charge in [-0.05, 0) is 19.9 Å². The van der Waals surface area contributed by atoms with Gasteiger partial charge in [-0.1, -0.05) is 0 Å². The Labute approximate surface area is 117 Å². The normalized spacial score (nSPS) is 11.8. The number of nitrogens with one attached hydrogen (secondary N) is 2. The second kappa shape index (κ2) is 7.44. The Morgan fingerprint density at radius 2 is 2.20 bits per heavy atom. The molecule has 0 aromatic carbocycles. The number of aromatic carboxylic acids is 1. The van der Waals surface area contributed by atoms with Crippen LogP contribution in [-0.4, -0.2) is 48.3 Å². The largest absolute Gasteiger partial charge is 0.478 e. The third-order valence-corrected chi connectivity index (χ3v) is 2.64. The number of methoxy groups -OCH3 is 1. The number of pyridine rings is 1. The average molecular weight is 281 g/mol. The molecule has 0 spiro atoms. The summed E-state index contributed by atoms with van der Waals surface area (Å²) in [4.78, 5) is 26.8. The van der Waals surface area contributed by atoms with E-state index >= 15 is 0 Å². The van der Waals surface area contributed by atoms with Crippen molar-refractivity contribution >= 4 is 17.6 Å². The van der Waals surface area contributed by atoms with Gasteiger partial charge in [0.05, 0.1) is 12.3 Å². The minimum Gasteiger partial charge on any atom is -0.478 e. The summed E-state index contributed by atoms with van der Waals surface area (Å²) in [6.45, 7) is 4.24. The molecule has 0 saturated carbocycles. The van der Waals surface area contributed by atoms with E-state index in [1.165, 1.54) is 6.20 Å². The topological polar surface area (TPSA) is 101 Å². The number of carboxylic acid groups (broad SMARTS) is 1. The first kappa shape index (κ1) is 15.9. The number of hydrogen-bond donors (Lipinski definition) is 3. The molecule has 20 heavy (non-hydrogen) atoms. The Hall–Kier alpha value is -2.15. The Kier molecular flexibility index (Phi) is 5.92. The standard InChI is InChI=1S/C13H19N3O4/c1-8-6-11(10(7-15-8)13(18)19)16-9(2)12(17)14-4-5-20-3/h6-7,9H,4-5H2,1-3H3,(H,14,17)(H,15,16)(H,18,19). The molecule has 0 fully saturated rings. The van der Waals surface area contributed by atoms with Gasteiger partial charge < -0.3 is 20.5 Å². The van der Waals surface area contributed by atoms with E-state index in [1.807, 2.05) is 0 Å². The zero-order valence-electron chi connectivity index (χ0n) is 11.8. The SMILES string of the molecule is COCCNC(=O)C(C)Nc1cc(C)ncc1C(=O)O. The monoisotopic (exact) mass is 281 g/mol. The maximum atomic E-state index is 11.8. The van der Waals surface area contributed by atoms with Crippen molar-refractivity contribution in [2.45, 2.75) is 19.9 Å². The van der Waals surface area contributed by atoms with Crippen LogP contribution < -0.4 is 10.6 Å². The zero-order valence-corrected chi connectivity index (χ0v) is 11.8. The van der Waals surface area contributed by atoms with Crippen molar-refractivity contribution in [1.29, 1.82) is 0 Å². The van der Waals surface area contributed by atoms with Crippen LogP contribution in [0.4, 0.5) is 5.69 Å². The lowest BCUT2D eigenvalue weighted by atomic mass is 10.2. The van der Waals surface area contributed by atoms with Crippen LogP contribution in [0.15, 0.2) is 12.3 Å². The highest BCUT2D eigenvalue weighted by atomic mass is 16.5. The second-order valence-corrected chi connectivity index (χ2v) is 4.33. The van der Waals surface area contributed by atoms with E-state index in [9.17, 15) is 9.59 Å². The number of amides is 1. The summed E-state index contributed by atoms with van der Waals surface area (Å²) in [6, 6.07) is 1.04. The van der Waals surface area contributed by atoms with Crippen LogP contribution in [0.3, 0.4) is 0 Å². The lowest BCUT2D eigenvalue weighted by Crippen LogP contribution is -2.39. The van der Waals surface area contributed by atoms with E-state index in [1.54, 1.807) is 27.0 Å². The molecule has 110 valence electrons. The van der Waals surface area contributed by atoms with Gasteiger partial charge in [0.1, 0.15) is 11.6 Å². The number of nitrogens with zero attached hydrogens (tertiary/aromatic N) is 1. The minimum absolute atomic E-state index is 0.0344. The fraction of sp³-hybridized carbons (Fsp3) is 0.462. The third-order valence-electron chi connectivity index (χ3n) is 2.64. The summed E-state index contributed by atoms with van der Waals surface area (Å²) in [5, 5.41) is 14.6. The molecule has 1 aromatic heterocycles. The number of rotatable bonds is 7. The van der Waals surface area contributed by atoms with E-state index in [4.69, 9.17) is 9.84 Å². The van der Waals surface area contributed by atoms with Gasteiger partial charge in [-0.3, -0.25) is 9.78 Å². The number of hydrogen-bond acceptors (Lipinski definition) is 5. The molecule has 1 unspecified atom stereocenters. The van der Waals surface area contributed by atoms with E-state index < -0.39 is 12.0 Å². The highest BCUT2D eigenvalue weighted by Gasteiger charge is 2.17. The van der Waals surface area contributed by atoms with Gasteiger partial charge in [-0.25, -0.2) is 4.79 Å². The molecule has 0 radical (unpaired) electrons. The van der Waals surface area contributed by atoms with Gasteiger partial charge in [0, 0.05) is 25.5 Å². The first-order valence-corrected chi connectivity index (χ1v) is 6.18. The van der Waals surface area contributed by atoms with Crippen molar-refractivity contribution in [3.05, 3.63) is 23.5 Å². The first-order valence-electron chi connectivity index (χ1n) is 6.18. The molecule has 0 aliphatic heterocycles. The van der Waals surface area contributed by atoms with Crippen LogP contribution >= 0.6 is 0 Å². The van der Waals surface area contributed by atoms with E-state index in [-0.39, 0.29) is 11.5 Å². The Morgan fingerprint density at radius 1 is 1.50 bits per heavy atom. The molecule has 3 N–H and O–H groups in total. The summed E-state index contributed by atoms with van der Waals surface area (Å²) < 4.78 is 4.84. The second-order valence-electron chi connectivity index (χ2n) is 4.33. The smallest absolute Gasteiger partial charge is 0.339 e. The first-order chi connectivity index (χ1) is 9.45. The predicted molar refractivity (Wildman–Crippen MR) is 73.9 cm³/mol. The molecule has 0 aliphatic carbocycles. The lowest BCUT2D eigenvalue weighted by molar-refractivity contribution is -0.121. The predicted octanol–water partition coefficient (Wildman–Crippen LogP) is 0.651. The number of carbonyl (C=O) groups excluding carboxylic acids is 1. The van der Waals surface area contributed by atoms with Gasteiger partial charge in [0.25, 0.3) is 0 Å². The van der Waals surface area contributed by atoms with Crippen LogP contribution in [0.1, 0.15) is 23.0 Å². The molecular formula is C13H19N3O4. The molecule has 0 bridgehead atoms. The van der Waals surface area contributed by atoms with E-state index in [2.05, 4.69) is 15.6 Å². The van der Waals surface area contributed by atoms with E-state index in [0.29, 0.717) is 24.5 Å². The van der Waals surface area contributed by atoms with Crippen molar-refractivity contribution in [3.63, 3.8) is 0 Å². The molecular weight excluding hydrogens is 262 g/mol. The summed E-state index contributed by atoms with van der Waals surface area (Å²) >= 11 is 0. The van der Waals surface area contributed by atoms with Crippen molar-refractivity contribution < 1.29 is 19.4 Å². The van der Waals surface area contributed by atoms with Crippen LogP contribution in [0.2, 0.25) is 0 Å². The Bertz CT molecular complexity index is 491. The lowest BCUT2D eigenvalue weighted by Gasteiger charge is -2.16. The maximum Gasteiger partial charge on any atom is 0.339 e. The summed E-state index contributed by atoms with van der Waals surface area (Å²) in [7, 11) is 1.55. The molecule has 7 heteroatoms. The molecule has 7 nitrogen and oxygen atoms in total. The number of aromatic nitrogens is 1. The zero-order chi connectivity index (χ0) is 15.1. The van der Waals surface area contributed by atoms with Crippen LogP contribution in [0.25, 0.3) is 0 Å². The number of ether oxygens (including phenoxy) is 1. The van der Waals surface area contributed by atoms with E-state index in [0.717, 1.165) is 0 Å². The quantitative estimate of drug-likeness (QED) is 0.634. The molecule has 0 saturated heterocycles. The summed E-state index contributed by atoms with van der Waals surface area (Å²) in [6.07, 6.45) is 1.27. The number of carbonyl (C=O) groups is 2. The van der Waals surface area contributed by atoms with Crippen molar-refractivity contribution in [2.24, 2.45) is 0 Å². The van der Waals surface area contributed by atoms with Crippen LogP contribution in [0.5, 0.6) is 0 Å². The summed E-state index contributed by atoms with van der Waals surface area (Å²) in [5.74, 6) is -1.32. The van der Waals surface area contributed by atoms with Gasteiger partial charge in [0.15, 0.2) is 0 Å². The molecule has 0 aliphatic rings. The summed E-state index contributed by atoms with van der Waals surface area (Å²) in [5.41, 5.74) is 1.08. The molecule has 1 aromatic rings. The Morgan fingerprint density at radius 3 is 2.80 bits per heavy atom. The Balaban J connectivity index is 2.74. The molecule has 1 amide bonds. The van der Waals surface area contributed by atoms with Crippen molar-refractivity contribution in [3.8, 4) is 0 Å². The molecule has 1 heterocycles. The number of aryl methyl sites for hydroxylation is 1.